The second-order valence-electron chi connectivity index (χ2n) is 0.750. The van der Waals surface area contributed by atoms with E-state index in [-0.39, 0.29) is 51.2 Å². The van der Waals surface area contributed by atoms with Gasteiger partial charge in [0.2, 0.25) is 0 Å². The average Bonchev–Trinajstić information content (AvgIpc) is 1.54. The van der Waals surface area contributed by atoms with Crippen molar-refractivity contribution in [2.75, 3.05) is 0 Å². The molecule has 0 heterocycles. The zero-order chi connectivity index (χ0) is 10.7. The molecule has 0 N–H and O–H groups in total. The van der Waals surface area contributed by atoms with Crippen LogP contribution < -0.4 is 22.1 Å². The molecule has 0 fully saturated rings. The molecule has 0 rings (SSSR count). The molecule has 0 unspecified atom stereocenters. The Bertz CT molecular complexity index is 118. The SMILES string of the molecule is [O]=[Ti]([O-])[O-].[O]=[Ti]([O-])[O-].[O]=[Ti]([O-])[O-].[Pb+2].[Sn+4]. The molecule has 0 bridgehead atoms. The predicted molar refractivity (Wildman–Crippen MR) is 13.6 cm³/mol. The monoisotopic (exact) mass is 616 g/mol. The molecule has 74 valence electrons. The van der Waals surface area contributed by atoms with E-state index in [1.165, 1.54) is 0 Å². The van der Waals surface area contributed by atoms with Gasteiger partial charge in [0.1, 0.15) is 0 Å². The van der Waals surface area contributed by atoms with E-state index >= 15 is 0 Å². The van der Waals surface area contributed by atoms with Crippen molar-refractivity contribution in [3.63, 3.8) is 0 Å². The first kappa shape index (κ1) is 30.2. The summed E-state index contributed by atoms with van der Waals surface area (Å²) in [6.07, 6.45) is 0. The fraction of sp³-hybridized carbons (Fsp3) is 0. The van der Waals surface area contributed by atoms with Crippen molar-refractivity contribution < 1.29 is 88.0 Å². The van der Waals surface area contributed by atoms with E-state index in [4.69, 9.17) is 32.1 Å². The van der Waals surface area contributed by atoms with Crippen molar-refractivity contribution in [3.8, 4) is 0 Å². The number of rotatable bonds is 0. The Morgan fingerprint density at radius 2 is 0.571 bits per heavy atom. The number of hydrogen-bond donors (Lipinski definition) is 0. The van der Waals surface area contributed by atoms with E-state index in [1.807, 2.05) is 0 Å². The molecule has 14 heteroatoms. The first-order valence-electron chi connectivity index (χ1n) is 1.84. The van der Waals surface area contributed by atoms with Crippen LogP contribution in [0.4, 0.5) is 0 Å². The summed E-state index contributed by atoms with van der Waals surface area (Å²) in [5, 5.41) is 0. The third-order valence-corrected chi connectivity index (χ3v) is 0. The molecule has 0 aromatic carbocycles. The van der Waals surface area contributed by atoms with Crippen LogP contribution in [0.5, 0.6) is 0 Å². The van der Waals surface area contributed by atoms with Gasteiger partial charge in [-0.2, -0.15) is 0 Å². The summed E-state index contributed by atoms with van der Waals surface area (Å²) in [6, 6.07) is 0. The van der Waals surface area contributed by atoms with Crippen LogP contribution >= 0.6 is 0 Å². The van der Waals surface area contributed by atoms with Gasteiger partial charge in [-0.25, -0.2) is 0 Å². The minimum Gasteiger partial charge on any atom is 2.00 e. The van der Waals surface area contributed by atoms with E-state index in [2.05, 4.69) is 0 Å². The molecule has 14 heavy (non-hydrogen) atoms. The molecule has 0 saturated heterocycles. The van der Waals surface area contributed by atoms with Gasteiger partial charge < -0.3 is 0 Å². The molecule has 0 amide bonds. The first-order valence-corrected chi connectivity index (χ1v) is 7.57. The Kier molecular flexibility index (Phi) is 54.0. The van der Waals surface area contributed by atoms with E-state index in [0.29, 0.717) is 0 Å². The predicted octanol–water partition coefficient (Wildman–Crippen LogP) is -8.26. The smallest absolute Gasteiger partial charge is 2.00 e. The molecule has 2 radical (unpaired) electrons. The van der Waals surface area contributed by atoms with Gasteiger partial charge in [0.15, 0.2) is 0 Å². The molecular weight excluding hydrogens is 614 g/mol. The van der Waals surface area contributed by atoms with Crippen LogP contribution in [0, 0.1) is 0 Å². The Balaban J connectivity index is -0.0000000270. The van der Waals surface area contributed by atoms with Crippen LogP contribution in [0.3, 0.4) is 0 Å². The van der Waals surface area contributed by atoms with Crippen LogP contribution in [0.1, 0.15) is 0 Å². The minimum absolute atomic E-state index is 0. The Morgan fingerprint density at radius 1 is 0.571 bits per heavy atom. The van der Waals surface area contributed by atoms with Crippen molar-refractivity contribution >= 4 is 51.2 Å². The third-order valence-electron chi connectivity index (χ3n) is 0. The van der Waals surface area contributed by atoms with Gasteiger partial charge in [0.05, 0.1) is 0 Å². The van der Waals surface area contributed by atoms with Crippen LogP contribution in [-0.2, 0) is 65.8 Å². The van der Waals surface area contributed by atoms with Gasteiger partial charge >= 0.3 is 139 Å². The van der Waals surface area contributed by atoms with Crippen LogP contribution in [0.2, 0.25) is 0 Å². The zero-order valence-electron chi connectivity index (χ0n) is 6.17. The normalized spacial score (nSPS) is 5.57. The molecule has 0 spiro atoms. The summed E-state index contributed by atoms with van der Waals surface area (Å²) in [5.74, 6) is 0. The summed E-state index contributed by atoms with van der Waals surface area (Å²) in [5.41, 5.74) is 0. The number of hydrogen-bond acceptors (Lipinski definition) is 9. The van der Waals surface area contributed by atoms with Gasteiger partial charge in [0, 0.05) is 0 Å². The Hall–Kier alpha value is 3.02. The van der Waals surface area contributed by atoms with Gasteiger partial charge in [-0.1, -0.05) is 0 Å². The Labute approximate surface area is 137 Å². The summed E-state index contributed by atoms with van der Waals surface area (Å²) in [7, 11) is 0. The molecule has 0 aliphatic rings. The van der Waals surface area contributed by atoms with E-state index in [1.54, 1.807) is 0 Å². The third kappa shape index (κ3) is 323. The van der Waals surface area contributed by atoms with Crippen molar-refractivity contribution in [1.29, 1.82) is 0 Å². The van der Waals surface area contributed by atoms with Gasteiger partial charge in [0.25, 0.3) is 0 Å². The molecule has 0 aromatic rings. The quantitative estimate of drug-likeness (QED) is 0.239. The zero-order valence-corrected chi connectivity index (χ0v) is 17.6. The van der Waals surface area contributed by atoms with Crippen LogP contribution in [-0.4, -0.2) is 51.2 Å². The van der Waals surface area contributed by atoms with Gasteiger partial charge in [-0.3, -0.25) is 0 Å². The maximum atomic E-state index is 8.58. The van der Waals surface area contributed by atoms with Crippen molar-refractivity contribution in [1.82, 2.24) is 0 Å². The molecule has 0 atom stereocenters. The maximum absolute atomic E-state index is 8.58. The van der Waals surface area contributed by atoms with Gasteiger partial charge in [-0.15, -0.1) is 0 Å². The van der Waals surface area contributed by atoms with Gasteiger partial charge in [-0.05, 0) is 0 Å². The fourth-order valence-electron chi connectivity index (χ4n) is 0. The summed E-state index contributed by atoms with van der Waals surface area (Å²) < 4.78 is 77.2. The maximum Gasteiger partial charge on any atom is 4.00 e. The Morgan fingerprint density at radius 3 is 0.571 bits per heavy atom. The second-order valence-corrected chi connectivity index (χ2v) is 3.09. The average molecular weight is 614 g/mol. The summed E-state index contributed by atoms with van der Waals surface area (Å²) >= 11 is -12.2. The second kappa shape index (κ2) is 25.0. The topological polar surface area (TPSA) is 190 Å². The first-order chi connectivity index (χ1) is 5.20. The molecule has 9 nitrogen and oxygen atoms in total. The van der Waals surface area contributed by atoms with Crippen molar-refractivity contribution in [2.45, 2.75) is 0 Å². The minimum atomic E-state index is -4.08. The summed E-state index contributed by atoms with van der Waals surface area (Å²) in [6.45, 7) is 0. The molecule has 0 aromatic heterocycles. The van der Waals surface area contributed by atoms with E-state index in [9.17, 15) is 0 Å². The van der Waals surface area contributed by atoms with E-state index < -0.39 is 55.8 Å². The fourth-order valence-corrected chi connectivity index (χ4v) is 0. The van der Waals surface area contributed by atoms with E-state index in [0.717, 1.165) is 0 Å². The largest absolute Gasteiger partial charge is 4.00 e. The molecular formula is O9PbSnTi3. The van der Waals surface area contributed by atoms with Crippen molar-refractivity contribution in [2.24, 2.45) is 0 Å². The molecule has 0 saturated carbocycles. The van der Waals surface area contributed by atoms with Crippen LogP contribution in [0.15, 0.2) is 0 Å². The standard InChI is InChI=1S/9O.Pb.Sn.3Ti/q;;;6*-1;+2;+4;;;. The summed E-state index contributed by atoms with van der Waals surface area (Å²) in [4.78, 5) is 0. The van der Waals surface area contributed by atoms with Crippen LogP contribution in [0.25, 0.3) is 0 Å². The molecule has 0 aliphatic carbocycles. The van der Waals surface area contributed by atoms with Crippen molar-refractivity contribution in [3.05, 3.63) is 0 Å². The molecule has 0 aliphatic heterocycles.